The molecule has 2 nitrogen and oxygen atoms in total. The predicted molar refractivity (Wildman–Crippen MR) is 86.3 cm³/mol. The Balaban J connectivity index is 0.00000324. The van der Waals surface area contributed by atoms with Gasteiger partial charge >= 0.3 is 0 Å². The Kier molecular flexibility index (Phi) is 11.0. The summed E-state index contributed by atoms with van der Waals surface area (Å²) in [6, 6.07) is 7.82. The lowest BCUT2D eigenvalue weighted by Crippen LogP contribution is -2.17. The number of benzene rings is 1. The Bertz CT molecular complexity index is 350. The van der Waals surface area contributed by atoms with Gasteiger partial charge in [-0.1, -0.05) is 35.9 Å². The highest BCUT2D eigenvalue weighted by Gasteiger charge is 1.92. The van der Waals surface area contributed by atoms with Crippen molar-refractivity contribution in [3.8, 4) is 0 Å². The van der Waals surface area contributed by atoms with E-state index in [-0.39, 0.29) is 12.4 Å². The van der Waals surface area contributed by atoms with E-state index < -0.39 is 0 Å². The van der Waals surface area contributed by atoms with E-state index in [1.54, 1.807) is 0 Å². The molecule has 0 unspecified atom stereocenters. The SMILES string of the molecule is CC(C)OCCCNC/C=C/c1ccc(Cl)cc1.Cl. The van der Waals surface area contributed by atoms with E-state index in [2.05, 4.69) is 31.3 Å². The van der Waals surface area contributed by atoms with Gasteiger partial charge in [0.15, 0.2) is 0 Å². The first-order valence-corrected chi connectivity index (χ1v) is 6.80. The second-order valence-corrected chi connectivity index (χ2v) is 4.87. The summed E-state index contributed by atoms with van der Waals surface area (Å²) >= 11 is 5.82. The first-order valence-electron chi connectivity index (χ1n) is 6.43. The molecule has 1 aromatic carbocycles. The summed E-state index contributed by atoms with van der Waals surface area (Å²) in [4.78, 5) is 0. The lowest BCUT2D eigenvalue weighted by atomic mass is 10.2. The molecular weight excluding hydrogens is 281 g/mol. The Labute approximate surface area is 127 Å². The van der Waals surface area contributed by atoms with Crippen LogP contribution < -0.4 is 5.32 Å². The quantitative estimate of drug-likeness (QED) is 0.728. The van der Waals surface area contributed by atoms with Crippen molar-refractivity contribution in [3.05, 3.63) is 40.9 Å². The van der Waals surface area contributed by atoms with Crippen molar-refractivity contribution < 1.29 is 4.74 Å². The van der Waals surface area contributed by atoms with Gasteiger partial charge < -0.3 is 10.1 Å². The third-order valence-electron chi connectivity index (χ3n) is 2.39. The van der Waals surface area contributed by atoms with Crippen molar-refractivity contribution in [2.45, 2.75) is 26.4 Å². The van der Waals surface area contributed by atoms with Gasteiger partial charge in [0.1, 0.15) is 0 Å². The van der Waals surface area contributed by atoms with E-state index in [0.717, 1.165) is 31.1 Å². The zero-order chi connectivity index (χ0) is 13.2. The van der Waals surface area contributed by atoms with Crippen LogP contribution in [0.5, 0.6) is 0 Å². The highest BCUT2D eigenvalue weighted by atomic mass is 35.5. The first-order chi connectivity index (χ1) is 8.68. The Morgan fingerprint density at radius 1 is 1.26 bits per heavy atom. The molecule has 0 spiro atoms. The molecule has 1 rings (SSSR count). The van der Waals surface area contributed by atoms with Crippen LogP contribution in [-0.4, -0.2) is 25.8 Å². The normalized spacial score (nSPS) is 10.9. The molecule has 0 bridgehead atoms. The molecule has 0 heterocycles. The van der Waals surface area contributed by atoms with Crippen LogP contribution in [0, 0.1) is 0 Å². The molecule has 0 saturated carbocycles. The minimum atomic E-state index is 0. The van der Waals surface area contributed by atoms with Crippen molar-refractivity contribution in [2.24, 2.45) is 0 Å². The molecule has 0 amide bonds. The summed E-state index contributed by atoms with van der Waals surface area (Å²) in [5.74, 6) is 0. The fraction of sp³-hybridized carbons (Fsp3) is 0.467. The molecule has 0 aliphatic carbocycles. The van der Waals surface area contributed by atoms with Gasteiger partial charge in [0.2, 0.25) is 0 Å². The molecular formula is C15H23Cl2NO. The van der Waals surface area contributed by atoms with Gasteiger partial charge in [0, 0.05) is 18.2 Å². The Morgan fingerprint density at radius 3 is 2.58 bits per heavy atom. The van der Waals surface area contributed by atoms with E-state index in [9.17, 15) is 0 Å². The number of rotatable bonds is 8. The van der Waals surface area contributed by atoms with E-state index in [0.29, 0.717) is 6.10 Å². The monoisotopic (exact) mass is 303 g/mol. The molecule has 0 fully saturated rings. The molecule has 4 heteroatoms. The van der Waals surface area contributed by atoms with Crippen LogP contribution in [-0.2, 0) is 4.74 Å². The highest BCUT2D eigenvalue weighted by Crippen LogP contribution is 2.10. The lowest BCUT2D eigenvalue weighted by molar-refractivity contribution is 0.0772. The van der Waals surface area contributed by atoms with Crippen molar-refractivity contribution >= 4 is 30.1 Å². The van der Waals surface area contributed by atoms with Crippen LogP contribution in [0.2, 0.25) is 5.02 Å². The molecule has 1 N–H and O–H groups in total. The average Bonchev–Trinajstić information content (AvgIpc) is 2.34. The molecule has 0 aliphatic rings. The lowest BCUT2D eigenvalue weighted by Gasteiger charge is -2.06. The van der Waals surface area contributed by atoms with Crippen LogP contribution >= 0.6 is 24.0 Å². The van der Waals surface area contributed by atoms with Crippen molar-refractivity contribution in [2.75, 3.05) is 19.7 Å². The van der Waals surface area contributed by atoms with Crippen LogP contribution in [0.4, 0.5) is 0 Å². The fourth-order valence-corrected chi connectivity index (χ4v) is 1.60. The summed E-state index contributed by atoms with van der Waals surface area (Å²) in [6.45, 7) is 6.80. The van der Waals surface area contributed by atoms with Gasteiger partial charge in [-0.15, -0.1) is 12.4 Å². The number of hydrogen-bond donors (Lipinski definition) is 1. The minimum Gasteiger partial charge on any atom is -0.379 e. The second kappa shape index (κ2) is 11.3. The maximum atomic E-state index is 5.82. The molecule has 0 atom stereocenters. The summed E-state index contributed by atoms with van der Waals surface area (Å²) in [5.41, 5.74) is 1.17. The van der Waals surface area contributed by atoms with Gasteiger partial charge in [-0.05, 0) is 44.5 Å². The van der Waals surface area contributed by atoms with Crippen molar-refractivity contribution in [1.29, 1.82) is 0 Å². The van der Waals surface area contributed by atoms with Gasteiger partial charge in [0.05, 0.1) is 6.10 Å². The van der Waals surface area contributed by atoms with E-state index in [4.69, 9.17) is 16.3 Å². The smallest absolute Gasteiger partial charge is 0.0518 e. The number of nitrogens with one attached hydrogen (secondary N) is 1. The molecule has 108 valence electrons. The summed E-state index contributed by atoms with van der Waals surface area (Å²) in [7, 11) is 0. The van der Waals surface area contributed by atoms with Crippen molar-refractivity contribution in [3.63, 3.8) is 0 Å². The molecule has 0 saturated heterocycles. The third kappa shape index (κ3) is 9.97. The van der Waals surface area contributed by atoms with Gasteiger partial charge in [-0.2, -0.15) is 0 Å². The standard InChI is InChI=1S/C15H22ClNO.ClH/c1-13(2)18-12-4-11-17-10-3-5-14-6-8-15(16)9-7-14;/h3,5-9,13,17H,4,10-12H2,1-2H3;1H/b5-3+;. The van der Waals surface area contributed by atoms with Crippen molar-refractivity contribution in [1.82, 2.24) is 5.32 Å². The maximum Gasteiger partial charge on any atom is 0.0518 e. The van der Waals surface area contributed by atoms with E-state index >= 15 is 0 Å². The van der Waals surface area contributed by atoms with Gasteiger partial charge in [-0.3, -0.25) is 0 Å². The van der Waals surface area contributed by atoms with E-state index in [1.165, 1.54) is 5.56 Å². The van der Waals surface area contributed by atoms with Gasteiger partial charge in [-0.25, -0.2) is 0 Å². The summed E-state index contributed by atoms with van der Waals surface area (Å²) in [5, 5.41) is 4.12. The molecule has 19 heavy (non-hydrogen) atoms. The summed E-state index contributed by atoms with van der Waals surface area (Å²) < 4.78 is 5.46. The van der Waals surface area contributed by atoms with Crippen LogP contribution in [0.3, 0.4) is 0 Å². The number of ether oxygens (including phenoxy) is 1. The molecule has 0 aliphatic heterocycles. The van der Waals surface area contributed by atoms with Gasteiger partial charge in [0.25, 0.3) is 0 Å². The minimum absolute atomic E-state index is 0. The zero-order valence-corrected chi connectivity index (χ0v) is 13.1. The maximum absolute atomic E-state index is 5.82. The second-order valence-electron chi connectivity index (χ2n) is 4.43. The average molecular weight is 304 g/mol. The van der Waals surface area contributed by atoms with Crippen LogP contribution in [0.1, 0.15) is 25.8 Å². The molecule has 0 radical (unpaired) electrons. The number of halogens is 2. The molecule has 0 aromatic heterocycles. The van der Waals surface area contributed by atoms with Crippen LogP contribution in [0.25, 0.3) is 6.08 Å². The third-order valence-corrected chi connectivity index (χ3v) is 2.64. The highest BCUT2D eigenvalue weighted by molar-refractivity contribution is 6.30. The first kappa shape index (κ1) is 18.5. The largest absolute Gasteiger partial charge is 0.379 e. The fourth-order valence-electron chi connectivity index (χ4n) is 1.47. The zero-order valence-electron chi connectivity index (χ0n) is 11.6. The topological polar surface area (TPSA) is 21.3 Å². The Hall–Kier alpha value is -0.540. The number of hydrogen-bond acceptors (Lipinski definition) is 2. The Morgan fingerprint density at radius 2 is 1.95 bits per heavy atom. The van der Waals surface area contributed by atoms with Crippen LogP contribution in [0.15, 0.2) is 30.3 Å². The van der Waals surface area contributed by atoms with E-state index in [1.807, 2.05) is 24.3 Å². The molecule has 1 aromatic rings. The summed E-state index contributed by atoms with van der Waals surface area (Å²) in [6.07, 6.45) is 5.59. The predicted octanol–water partition coefficient (Wildman–Crippen LogP) is 4.18.